The van der Waals surface area contributed by atoms with E-state index >= 15 is 0 Å². The summed E-state index contributed by atoms with van der Waals surface area (Å²) in [4.78, 5) is 14.0. The first kappa shape index (κ1) is 18.9. The molecule has 0 heterocycles. The predicted octanol–water partition coefficient (Wildman–Crippen LogP) is 2.21. The van der Waals surface area contributed by atoms with Crippen molar-refractivity contribution < 1.29 is 9.53 Å². The van der Waals surface area contributed by atoms with Gasteiger partial charge in [-0.25, -0.2) is 0 Å². The molecule has 0 aliphatic carbocycles. The molecule has 114 valence electrons. The third-order valence-corrected chi connectivity index (χ3v) is 2.94. The number of nitrogens with zero attached hydrogens (tertiary/aromatic N) is 1. The summed E-state index contributed by atoms with van der Waals surface area (Å²) in [7, 11) is 1.65. The van der Waals surface area contributed by atoms with Crippen molar-refractivity contribution in [3.8, 4) is 0 Å². The molecule has 1 aromatic rings. The highest BCUT2D eigenvalue weighted by Gasteiger charge is 2.12. The Hall–Kier alpha value is -1.10. The molecule has 0 aromatic heterocycles. The molecule has 0 radical (unpaired) electrons. The highest BCUT2D eigenvalue weighted by atomic mass is 35.5. The minimum atomic E-state index is 0. The van der Waals surface area contributed by atoms with Crippen molar-refractivity contribution in [1.82, 2.24) is 4.90 Å². The van der Waals surface area contributed by atoms with E-state index in [2.05, 4.69) is 0 Å². The number of hydrogen-bond donors (Lipinski definition) is 1. The zero-order chi connectivity index (χ0) is 13.9. The summed E-state index contributed by atoms with van der Waals surface area (Å²) in [6.45, 7) is 2.61. The zero-order valence-corrected chi connectivity index (χ0v) is 12.9. The van der Waals surface area contributed by atoms with E-state index in [-0.39, 0.29) is 18.3 Å². The molecule has 0 bridgehead atoms. The Labute approximate surface area is 127 Å². The first-order valence-corrected chi connectivity index (χ1v) is 6.78. The second-order valence-electron chi connectivity index (χ2n) is 4.54. The Bertz CT molecular complexity index is 360. The van der Waals surface area contributed by atoms with Gasteiger partial charge in [0.1, 0.15) is 0 Å². The number of ether oxygens (including phenoxy) is 1. The highest BCUT2D eigenvalue weighted by Crippen LogP contribution is 2.08. The summed E-state index contributed by atoms with van der Waals surface area (Å²) in [6, 6.07) is 10.0. The second kappa shape index (κ2) is 11.7. The van der Waals surface area contributed by atoms with Gasteiger partial charge in [-0.3, -0.25) is 4.79 Å². The van der Waals surface area contributed by atoms with Gasteiger partial charge in [0.2, 0.25) is 5.91 Å². The molecule has 0 atom stereocenters. The van der Waals surface area contributed by atoms with Crippen LogP contribution in [0.4, 0.5) is 0 Å². The van der Waals surface area contributed by atoms with Crippen molar-refractivity contribution in [2.75, 3.05) is 26.8 Å². The van der Waals surface area contributed by atoms with Crippen molar-refractivity contribution in [2.24, 2.45) is 5.73 Å². The first-order chi connectivity index (χ1) is 9.27. The number of halogens is 1. The van der Waals surface area contributed by atoms with Gasteiger partial charge >= 0.3 is 0 Å². The van der Waals surface area contributed by atoms with E-state index in [9.17, 15) is 4.79 Å². The number of benzene rings is 1. The van der Waals surface area contributed by atoms with Crippen molar-refractivity contribution >= 4 is 18.3 Å². The van der Waals surface area contributed by atoms with Crippen LogP contribution >= 0.6 is 12.4 Å². The van der Waals surface area contributed by atoms with E-state index in [1.165, 1.54) is 0 Å². The third kappa shape index (κ3) is 7.48. The molecule has 0 unspecified atom stereocenters. The van der Waals surface area contributed by atoms with E-state index in [1.54, 1.807) is 7.11 Å². The molecule has 4 nitrogen and oxygen atoms in total. The Morgan fingerprint density at radius 2 is 1.95 bits per heavy atom. The van der Waals surface area contributed by atoms with Gasteiger partial charge in [0.15, 0.2) is 0 Å². The van der Waals surface area contributed by atoms with Crippen LogP contribution in [0.3, 0.4) is 0 Å². The lowest BCUT2D eigenvalue weighted by molar-refractivity contribution is -0.132. The van der Waals surface area contributed by atoms with Crippen molar-refractivity contribution in [1.29, 1.82) is 0 Å². The summed E-state index contributed by atoms with van der Waals surface area (Å²) in [5.41, 5.74) is 6.69. The van der Waals surface area contributed by atoms with Crippen LogP contribution in [0, 0.1) is 0 Å². The number of amides is 1. The maximum absolute atomic E-state index is 12.2. The smallest absolute Gasteiger partial charge is 0.222 e. The maximum Gasteiger partial charge on any atom is 0.222 e. The number of methoxy groups -OCH3 is 1. The molecule has 5 heteroatoms. The van der Waals surface area contributed by atoms with Gasteiger partial charge in [-0.05, 0) is 24.9 Å². The summed E-state index contributed by atoms with van der Waals surface area (Å²) in [6.07, 6.45) is 2.14. The molecule has 0 saturated heterocycles. The number of carbonyl (C=O) groups is 1. The van der Waals surface area contributed by atoms with E-state index < -0.39 is 0 Å². The molecule has 1 amide bonds. The van der Waals surface area contributed by atoms with Gasteiger partial charge in [-0.15, -0.1) is 12.4 Å². The highest BCUT2D eigenvalue weighted by molar-refractivity contribution is 5.85. The number of carbonyl (C=O) groups excluding carboxylic acids is 1. The topological polar surface area (TPSA) is 55.6 Å². The molecule has 0 saturated carbocycles. The fourth-order valence-electron chi connectivity index (χ4n) is 1.90. The fourth-order valence-corrected chi connectivity index (χ4v) is 1.90. The standard InChI is InChI=1S/C15H24N2O2.ClH/c1-19-12-5-9-15(18)17(11-6-10-16)13-14-7-3-2-4-8-14;/h2-4,7-8H,5-6,9-13,16H2,1H3;1H. The van der Waals surface area contributed by atoms with Crippen LogP contribution in [0.5, 0.6) is 0 Å². The summed E-state index contributed by atoms with van der Waals surface area (Å²) < 4.78 is 4.98. The second-order valence-corrected chi connectivity index (χ2v) is 4.54. The number of rotatable bonds is 9. The van der Waals surface area contributed by atoms with Crippen LogP contribution in [0.15, 0.2) is 30.3 Å². The molecule has 0 aliphatic heterocycles. The lowest BCUT2D eigenvalue weighted by atomic mass is 10.2. The van der Waals surface area contributed by atoms with E-state index in [0.29, 0.717) is 26.1 Å². The van der Waals surface area contributed by atoms with Crippen LogP contribution < -0.4 is 5.73 Å². The fraction of sp³-hybridized carbons (Fsp3) is 0.533. The monoisotopic (exact) mass is 300 g/mol. The van der Waals surface area contributed by atoms with Gasteiger partial charge in [0, 0.05) is 33.2 Å². The maximum atomic E-state index is 12.2. The molecule has 1 rings (SSSR count). The Kier molecular flexibility index (Phi) is 11.1. The van der Waals surface area contributed by atoms with Gasteiger partial charge in [0.05, 0.1) is 0 Å². The molecule has 20 heavy (non-hydrogen) atoms. The Balaban J connectivity index is 0.00000361. The van der Waals surface area contributed by atoms with E-state index in [0.717, 1.165) is 24.9 Å². The third-order valence-electron chi connectivity index (χ3n) is 2.94. The van der Waals surface area contributed by atoms with Crippen LogP contribution in [-0.4, -0.2) is 37.6 Å². The molecular weight excluding hydrogens is 276 g/mol. The van der Waals surface area contributed by atoms with Crippen LogP contribution in [-0.2, 0) is 16.1 Å². The normalized spacial score (nSPS) is 9.90. The average molecular weight is 301 g/mol. The van der Waals surface area contributed by atoms with Gasteiger partial charge in [-0.1, -0.05) is 30.3 Å². The minimum Gasteiger partial charge on any atom is -0.385 e. The molecule has 2 N–H and O–H groups in total. The van der Waals surface area contributed by atoms with Crippen LogP contribution in [0.25, 0.3) is 0 Å². The minimum absolute atomic E-state index is 0. The van der Waals surface area contributed by atoms with Gasteiger partial charge in [-0.2, -0.15) is 0 Å². The van der Waals surface area contributed by atoms with Gasteiger partial charge < -0.3 is 15.4 Å². The summed E-state index contributed by atoms with van der Waals surface area (Å²) >= 11 is 0. The molecule has 1 aromatic carbocycles. The summed E-state index contributed by atoms with van der Waals surface area (Å²) in [5, 5.41) is 0. The largest absolute Gasteiger partial charge is 0.385 e. The van der Waals surface area contributed by atoms with Crippen molar-refractivity contribution in [3.63, 3.8) is 0 Å². The number of nitrogens with two attached hydrogens (primary N) is 1. The summed E-state index contributed by atoms with van der Waals surface area (Å²) in [5.74, 6) is 0.175. The molecular formula is C15H25ClN2O2. The van der Waals surface area contributed by atoms with Crippen LogP contribution in [0.1, 0.15) is 24.8 Å². The van der Waals surface area contributed by atoms with Crippen molar-refractivity contribution in [3.05, 3.63) is 35.9 Å². The van der Waals surface area contributed by atoms with E-state index in [1.807, 2.05) is 35.2 Å². The molecule has 0 aliphatic rings. The SMILES string of the molecule is COCCCC(=O)N(CCCN)Cc1ccccc1.Cl. The number of hydrogen-bond acceptors (Lipinski definition) is 3. The lowest BCUT2D eigenvalue weighted by Crippen LogP contribution is -2.32. The lowest BCUT2D eigenvalue weighted by Gasteiger charge is -2.22. The Morgan fingerprint density at radius 3 is 2.55 bits per heavy atom. The van der Waals surface area contributed by atoms with Crippen LogP contribution in [0.2, 0.25) is 0 Å². The van der Waals surface area contributed by atoms with Gasteiger partial charge in [0.25, 0.3) is 0 Å². The average Bonchev–Trinajstić information content (AvgIpc) is 2.44. The van der Waals surface area contributed by atoms with Crippen molar-refractivity contribution in [2.45, 2.75) is 25.8 Å². The zero-order valence-electron chi connectivity index (χ0n) is 12.1. The quantitative estimate of drug-likeness (QED) is 0.711. The Morgan fingerprint density at radius 1 is 1.25 bits per heavy atom. The molecule has 0 fully saturated rings. The predicted molar refractivity (Wildman–Crippen MR) is 83.9 cm³/mol. The molecule has 0 spiro atoms. The first-order valence-electron chi connectivity index (χ1n) is 6.78. The van der Waals surface area contributed by atoms with E-state index in [4.69, 9.17) is 10.5 Å².